The number of halogens is 4. The highest BCUT2D eigenvalue weighted by Crippen LogP contribution is 2.31. The van der Waals surface area contributed by atoms with Crippen molar-refractivity contribution in [1.82, 2.24) is 14.9 Å². The maximum absolute atomic E-state index is 14.4. The number of alkyl halides is 3. The number of rotatable bonds is 6. The van der Waals surface area contributed by atoms with Crippen LogP contribution in [-0.2, 0) is 12.7 Å². The Hall–Kier alpha value is -3.53. The molecule has 2 atom stereocenters. The Balaban J connectivity index is 1.98. The van der Waals surface area contributed by atoms with Crippen molar-refractivity contribution in [3.05, 3.63) is 99.5 Å². The molecule has 0 spiro atoms. The maximum atomic E-state index is 14.4. The minimum atomic E-state index is -4.55. The van der Waals surface area contributed by atoms with Crippen molar-refractivity contribution >= 4 is 5.91 Å². The molecule has 3 rings (SSSR count). The van der Waals surface area contributed by atoms with E-state index in [-0.39, 0.29) is 23.4 Å². The number of nitrogens with one attached hydrogen (secondary N) is 1. The van der Waals surface area contributed by atoms with E-state index in [1.165, 1.54) is 31.5 Å². The molecule has 2 aromatic heterocycles. The van der Waals surface area contributed by atoms with Gasteiger partial charge in [-0.3, -0.25) is 14.6 Å². The minimum absolute atomic E-state index is 0.0403. The Labute approximate surface area is 180 Å². The number of hydrogen-bond donors (Lipinski definition) is 2. The molecule has 0 saturated carbocycles. The summed E-state index contributed by atoms with van der Waals surface area (Å²) in [7, 11) is 0. The number of pyridine rings is 2. The second-order valence-corrected chi connectivity index (χ2v) is 7.15. The molecule has 1 aromatic carbocycles. The van der Waals surface area contributed by atoms with E-state index >= 15 is 0 Å². The first kappa shape index (κ1) is 23.1. The maximum Gasteiger partial charge on any atom is 0.416 e. The summed E-state index contributed by atoms with van der Waals surface area (Å²) in [5, 5.41) is 12.1. The second-order valence-electron chi connectivity index (χ2n) is 7.15. The van der Waals surface area contributed by atoms with Gasteiger partial charge in [-0.25, -0.2) is 4.39 Å². The highest BCUT2D eigenvalue weighted by Gasteiger charge is 2.31. The molecule has 3 aromatic rings. The van der Waals surface area contributed by atoms with Crippen molar-refractivity contribution in [1.29, 1.82) is 0 Å². The lowest BCUT2D eigenvalue weighted by Crippen LogP contribution is -2.32. The molecule has 2 unspecified atom stereocenters. The summed E-state index contributed by atoms with van der Waals surface area (Å²) in [4.78, 5) is 28.7. The molecule has 168 valence electrons. The van der Waals surface area contributed by atoms with E-state index in [4.69, 9.17) is 0 Å². The number of amides is 1. The average molecular weight is 449 g/mol. The number of aliphatic hydroxyl groups excluding tert-OH is 1. The van der Waals surface area contributed by atoms with Crippen LogP contribution in [0.15, 0.2) is 65.7 Å². The number of carbonyl (C=O) groups excluding carboxylic acids is 1. The highest BCUT2D eigenvalue weighted by atomic mass is 19.4. The van der Waals surface area contributed by atoms with E-state index < -0.39 is 41.2 Å². The molecule has 0 aliphatic rings. The molecule has 0 aliphatic carbocycles. The summed E-state index contributed by atoms with van der Waals surface area (Å²) in [6.45, 7) is 1.43. The molecule has 0 bridgehead atoms. The molecule has 2 N–H and O–H groups in total. The topological polar surface area (TPSA) is 84.2 Å². The summed E-state index contributed by atoms with van der Waals surface area (Å²) in [5.74, 6) is -1.46. The summed E-state index contributed by atoms with van der Waals surface area (Å²) in [6, 6.07) is 7.61. The van der Waals surface area contributed by atoms with E-state index in [2.05, 4.69) is 10.3 Å². The predicted octanol–water partition coefficient (Wildman–Crippen LogP) is 3.30. The molecular weight excluding hydrogens is 430 g/mol. The fraction of sp³-hybridized carbons (Fsp3) is 0.227. The van der Waals surface area contributed by atoms with Gasteiger partial charge in [-0.05, 0) is 42.8 Å². The zero-order valence-electron chi connectivity index (χ0n) is 16.8. The Morgan fingerprint density at radius 2 is 1.84 bits per heavy atom. The summed E-state index contributed by atoms with van der Waals surface area (Å²) in [6.07, 6.45) is -2.85. The third kappa shape index (κ3) is 5.38. The van der Waals surface area contributed by atoms with Gasteiger partial charge in [0.05, 0.1) is 29.8 Å². The standard InChI is InChI=1S/C22H19F4N3O3/c1-13(30)11-29-12-15(6-9-18(29)31)21(32)28-19(20-17(23)3-2-10-27-20)14-4-7-16(8-5-14)22(24,25)26/h2-10,12-13,19,30H,11H2,1H3,(H,28,32). The lowest BCUT2D eigenvalue weighted by Gasteiger charge is -2.20. The van der Waals surface area contributed by atoms with Crippen LogP contribution in [-0.4, -0.2) is 26.7 Å². The van der Waals surface area contributed by atoms with Gasteiger partial charge < -0.3 is 15.0 Å². The SMILES string of the molecule is CC(O)Cn1cc(C(=O)NC(c2ccc(C(F)(F)F)cc2)c2ncccc2F)ccc1=O. The third-order valence-electron chi connectivity index (χ3n) is 4.61. The first-order chi connectivity index (χ1) is 15.1. The molecule has 1 amide bonds. The van der Waals surface area contributed by atoms with Crippen molar-refractivity contribution in [2.45, 2.75) is 31.8 Å². The smallest absolute Gasteiger partial charge is 0.392 e. The summed E-state index contributed by atoms with van der Waals surface area (Å²) >= 11 is 0. The number of nitrogens with zero attached hydrogens (tertiary/aromatic N) is 2. The lowest BCUT2D eigenvalue weighted by molar-refractivity contribution is -0.137. The van der Waals surface area contributed by atoms with Gasteiger partial charge >= 0.3 is 6.18 Å². The molecule has 0 aliphatic heterocycles. The first-order valence-corrected chi connectivity index (χ1v) is 9.53. The quantitative estimate of drug-likeness (QED) is 0.566. The Morgan fingerprint density at radius 1 is 1.16 bits per heavy atom. The van der Waals surface area contributed by atoms with Crippen molar-refractivity contribution in [3.63, 3.8) is 0 Å². The van der Waals surface area contributed by atoms with E-state index in [0.717, 1.165) is 41.0 Å². The van der Waals surface area contributed by atoms with Gasteiger partial charge in [0.15, 0.2) is 0 Å². The van der Waals surface area contributed by atoms with Gasteiger partial charge in [0.2, 0.25) is 0 Å². The Morgan fingerprint density at radius 3 is 2.44 bits per heavy atom. The minimum Gasteiger partial charge on any atom is -0.392 e. The van der Waals surface area contributed by atoms with Crippen molar-refractivity contribution < 1.29 is 27.5 Å². The van der Waals surface area contributed by atoms with Crippen molar-refractivity contribution in [2.24, 2.45) is 0 Å². The largest absolute Gasteiger partial charge is 0.416 e. The average Bonchev–Trinajstić information content (AvgIpc) is 2.73. The van der Waals surface area contributed by atoms with Crippen LogP contribution in [0, 0.1) is 5.82 Å². The normalized spacial score (nSPS) is 13.4. The second kappa shape index (κ2) is 9.31. The summed E-state index contributed by atoms with van der Waals surface area (Å²) in [5.41, 5.74) is -1.28. The van der Waals surface area contributed by atoms with Crippen molar-refractivity contribution in [3.8, 4) is 0 Å². The van der Waals surface area contributed by atoms with E-state index in [1.54, 1.807) is 0 Å². The van der Waals surface area contributed by atoms with Crippen LogP contribution in [0.5, 0.6) is 0 Å². The Bertz CT molecular complexity index is 1160. The number of aromatic nitrogens is 2. The van der Waals surface area contributed by atoms with Crippen LogP contribution < -0.4 is 10.9 Å². The lowest BCUT2D eigenvalue weighted by atomic mass is 10.0. The molecule has 0 saturated heterocycles. The number of hydrogen-bond acceptors (Lipinski definition) is 4. The molecule has 0 radical (unpaired) electrons. The van der Waals surface area contributed by atoms with Crippen LogP contribution >= 0.6 is 0 Å². The van der Waals surface area contributed by atoms with E-state index in [1.807, 2.05) is 0 Å². The molecule has 2 heterocycles. The molecule has 10 heteroatoms. The van der Waals surface area contributed by atoms with Crippen LogP contribution in [0.25, 0.3) is 0 Å². The fourth-order valence-electron chi connectivity index (χ4n) is 3.09. The van der Waals surface area contributed by atoms with Crippen LogP contribution in [0.1, 0.15) is 40.1 Å². The zero-order chi connectivity index (χ0) is 23.5. The van der Waals surface area contributed by atoms with E-state index in [0.29, 0.717) is 0 Å². The first-order valence-electron chi connectivity index (χ1n) is 9.53. The van der Waals surface area contributed by atoms with Gasteiger partial charge in [-0.1, -0.05) is 12.1 Å². The molecule has 0 fully saturated rings. The molecular formula is C22H19F4N3O3. The number of aliphatic hydroxyl groups is 1. The highest BCUT2D eigenvalue weighted by molar-refractivity contribution is 5.94. The Kier molecular flexibility index (Phi) is 6.73. The predicted molar refractivity (Wildman–Crippen MR) is 107 cm³/mol. The zero-order valence-corrected chi connectivity index (χ0v) is 16.8. The van der Waals surface area contributed by atoms with Gasteiger partial charge in [0.1, 0.15) is 11.5 Å². The van der Waals surface area contributed by atoms with Crippen LogP contribution in [0.4, 0.5) is 17.6 Å². The van der Waals surface area contributed by atoms with Gasteiger partial charge in [-0.2, -0.15) is 13.2 Å². The fourth-order valence-corrected chi connectivity index (χ4v) is 3.09. The van der Waals surface area contributed by atoms with Crippen LogP contribution in [0.3, 0.4) is 0 Å². The third-order valence-corrected chi connectivity index (χ3v) is 4.61. The van der Waals surface area contributed by atoms with Crippen molar-refractivity contribution in [2.75, 3.05) is 0 Å². The van der Waals surface area contributed by atoms with Gasteiger partial charge in [0.25, 0.3) is 11.5 Å². The monoisotopic (exact) mass is 449 g/mol. The van der Waals surface area contributed by atoms with E-state index in [9.17, 15) is 32.3 Å². The van der Waals surface area contributed by atoms with Gasteiger partial charge in [0, 0.05) is 18.5 Å². The number of carbonyl (C=O) groups is 1. The molecule has 6 nitrogen and oxygen atoms in total. The molecule has 32 heavy (non-hydrogen) atoms. The summed E-state index contributed by atoms with van der Waals surface area (Å²) < 4.78 is 54.3. The van der Waals surface area contributed by atoms with Gasteiger partial charge in [-0.15, -0.1) is 0 Å². The van der Waals surface area contributed by atoms with Crippen LogP contribution in [0.2, 0.25) is 0 Å². The number of benzene rings is 1.